The molecule has 84 valence electrons. The van der Waals surface area contributed by atoms with Crippen molar-refractivity contribution in [3.63, 3.8) is 0 Å². The highest BCUT2D eigenvalue weighted by atomic mass is 32.1. The molecular formula is C12H16N3S+. The van der Waals surface area contributed by atoms with Crippen LogP contribution in [-0.4, -0.2) is 9.47 Å². The molecule has 0 saturated carbocycles. The van der Waals surface area contributed by atoms with E-state index in [0.717, 1.165) is 17.8 Å². The van der Waals surface area contributed by atoms with Gasteiger partial charge in [0, 0.05) is 18.1 Å². The van der Waals surface area contributed by atoms with Crippen LogP contribution >= 0.6 is 11.5 Å². The third-order valence-corrected chi connectivity index (χ3v) is 3.35. The van der Waals surface area contributed by atoms with Gasteiger partial charge in [-0.25, -0.2) is 0 Å². The molecule has 0 bridgehead atoms. The Labute approximate surface area is 99.9 Å². The van der Waals surface area contributed by atoms with Crippen LogP contribution in [0.5, 0.6) is 0 Å². The van der Waals surface area contributed by atoms with Crippen molar-refractivity contribution in [2.24, 2.45) is 0 Å². The number of unbranched alkanes of at least 4 members (excludes halogenated alkanes) is 1. The summed E-state index contributed by atoms with van der Waals surface area (Å²) in [6.45, 7) is 5.20. The lowest BCUT2D eigenvalue weighted by molar-refractivity contribution is -0.754. The van der Waals surface area contributed by atoms with Crippen molar-refractivity contribution in [3.05, 3.63) is 30.2 Å². The number of rotatable bonds is 4. The third kappa shape index (κ3) is 2.64. The predicted molar refractivity (Wildman–Crippen MR) is 65.2 cm³/mol. The average Bonchev–Trinajstić information content (AvgIpc) is 2.74. The Hall–Kier alpha value is -1.29. The predicted octanol–water partition coefficient (Wildman–Crippen LogP) is 2.60. The second-order valence-electron chi connectivity index (χ2n) is 3.86. The zero-order chi connectivity index (χ0) is 11.4. The molecule has 0 fully saturated rings. The van der Waals surface area contributed by atoms with Crippen LogP contribution in [0.3, 0.4) is 0 Å². The van der Waals surface area contributed by atoms with Crippen molar-refractivity contribution in [1.82, 2.24) is 9.47 Å². The smallest absolute Gasteiger partial charge is 0.196 e. The van der Waals surface area contributed by atoms with Gasteiger partial charge in [0.25, 0.3) is 0 Å². The number of hydrogen-bond donors (Lipinski definition) is 0. The Balaban J connectivity index is 2.13. The fourth-order valence-corrected chi connectivity index (χ4v) is 2.23. The fourth-order valence-electron chi connectivity index (χ4n) is 1.48. The molecule has 3 nitrogen and oxygen atoms in total. The van der Waals surface area contributed by atoms with E-state index in [0.29, 0.717) is 0 Å². The highest BCUT2D eigenvalue weighted by Crippen LogP contribution is 2.22. The van der Waals surface area contributed by atoms with Gasteiger partial charge in [-0.2, -0.15) is 4.37 Å². The van der Waals surface area contributed by atoms with Crippen LogP contribution in [0.15, 0.2) is 24.5 Å². The van der Waals surface area contributed by atoms with E-state index in [1.807, 2.05) is 24.0 Å². The molecule has 0 aliphatic carbocycles. The van der Waals surface area contributed by atoms with Crippen molar-refractivity contribution >= 4 is 11.5 Å². The highest BCUT2D eigenvalue weighted by Gasteiger charge is 2.06. The van der Waals surface area contributed by atoms with Gasteiger partial charge >= 0.3 is 0 Å². The van der Waals surface area contributed by atoms with E-state index in [9.17, 15) is 0 Å². The van der Waals surface area contributed by atoms with Gasteiger partial charge in [-0.15, -0.1) is 0 Å². The number of hydrogen-bond acceptors (Lipinski definition) is 3. The van der Waals surface area contributed by atoms with Crippen LogP contribution in [0.1, 0.15) is 25.5 Å². The van der Waals surface area contributed by atoms with E-state index >= 15 is 0 Å². The summed E-state index contributed by atoms with van der Waals surface area (Å²) in [6, 6.07) is 4.20. The molecule has 0 aromatic carbocycles. The van der Waals surface area contributed by atoms with Gasteiger partial charge < -0.3 is 0 Å². The van der Waals surface area contributed by atoms with E-state index in [-0.39, 0.29) is 0 Å². The molecule has 0 amide bonds. The van der Waals surface area contributed by atoms with Crippen LogP contribution in [0.25, 0.3) is 10.4 Å². The standard InChI is InChI=1S/C12H16N3S/c1-3-4-6-15-7-5-11(9-13-15)12-8-10(2)14-16-12/h5,7-9H,3-4,6H2,1-2H3/q+1. The Morgan fingerprint density at radius 2 is 2.31 bits per heavy atom. The molecule has 0 spiro atoms. The lowest BCUT2D eigenvalue weighted by atomic mass is 10.2. The van der Waals surface area contributed by atoms with Gasteiger partial charge in [0.1, 0.15) is 6.20 Å². The molecule has 2 aromatic heterocycles. The lowest BCUT2D eigenvalue weighted by Gasteiger charge is -1.94. The Bertz CT molecular complexity index is 448. The van der Waals surface area contributed by atoms with E-state index in [1.165, 1.54) is 29.3 Å². The van der Waals surface area contributed by atoms with E-state index < -0.39 is 0 Å². The zero-order valence-electron chi connectivity index (χ0n) is 9.68. The second kappa shape index (κ2) is 5.16. The molecule has 0 unspecified atom stereocenters. The molecule has 0 radical (unpaired) electrons. The van der Waals surface area contributed by atoms with Crippen LogP contribution in [0.2, 0.25) is 0 Å². The van der Waals surface area contributed by atoms with Gasteiger partial charge in [0.15, 0.2) is 12.7 Å². The summed E-state index contributed by atoms with van der Waals surface area (Å²) in [4.78, 5) is 1.19. The molecule has 2 rings (SSSR count). The van der Waals surface area contributed by atoms with E-state index in [1.54, 1.807) is 0 Å². The van der Waals surface area contributed by atoms with Crippen molar-refractivity contribution in [2.45, 2.75) is 33.2 Å². The van der Waals surface area contributed by atoms with Crippen LogP contribution in [0, 0.1) is 6.92 Å². The van der Waals surface area contributed by atoms with Crippen molar-refractivity contribution in [1.29, 1.82) is 0 Å². The number of aryl methyl sites for hydroxylation is 2. The summed E-state index contributed by atoms with van der Waals surface area (Å²) in [5, 5.41) is 4.40. The quantitative estimate of drug-likeness (QED) is 0.761. The van der Waals surface area contributed by atoms with Crippen LogP contribution in [0.4, 0.5) is 0 Å². The second-order valence-corrected chi connectivity index (χ2v) is 4.67. The Kier molecular flexibility index (Phi) is 3.62. The Morgan fingerprint density at radius 3 is 2.88 bits per heavy atom. The first-order chi connectivity index (χ1) is 7.79. The largest absolute Gasteiger partial charge is 0.197 e. The summed E-state index contributed by atoms with van der Waals surface area (Å²) in [5.74, 6) is 0. The topological polar surface area (TPSA) is 29.7 Å². The maximum Gasteiger partial charge on any atom is 0.196 e. The number of nitrogens with zero attached hydrogens (tertiary/aromatic N) is 3. The minimum atomic E-state index is 0.999. The lowest BCUT2D eigenvalue weighted by Crippen LogP contribution is -2.37. The number of aromatic nitrogens is 3. The van der Waals surface area contributed by atoms with Crippen molar-refractivity contribution in [3.8, 4) is 10.4 Å². The summed E-state index contributed by atoms with van der Waals surface area (Å²) in [7, 11) is 0. The van der Waals surface area contributed by atoms with Crippen LogP contribution < -0.4 is 4.68 Å². The SMILES string of the molecule is CCCC[n+]1ccc(-c2cc(C)ns2)cn1. The monoisotopic (exact) mass is 234 g/mol. The van der Waals surface area contributed by atoms with E-state index in [4.69, 9.17) is 0 Å². The summed E-state index contributed by atoms with van der Waals surface area (Å²) in [5.41, 5.74) is 2.22. The first kappa shape index (κ1) is 11.2. The molecule has 0 N–H and O–H groups in total. The highest BCUT2D eigenvalue weighted by molar-refractivity contribution is 7.09. The molecule has 4 heteroatoms. The minimum Gasteiger partial charge on any atom is -0.197 e. The minimum absolute atomic E-state index is 0.999. The molecule has 0 saturated heterocycles. The summed E-state index contributed by atoms with van der Waals surface area (Å²) >= 11 is 1.53. The maximum atomic E-state index is 4.40. The van der Waals surface area contributed by atoms with Crippen LogP contribution in [-0.2, 0) is 6.54 Å². The molecule has 0 aliphatic heterocycles. The molecule has 2 heterocycles. The molecule has 2 aromatic rings. The van der Waals surface area contributed by atoms with E-state index in [2.05, 4.69) is 28.5 Å². The fraction of sp³-hybridized carbons (Fsp3) is 0.417. The van der Waals surface area contributed by atoms with Gasteiger partial charge in [0.2, 0.25) is 0 Å². The van der Waals surface area contributed by atoms with Gasteiger partial charge in [0.05, 0.1) is 10.6 Å². The third-order valence-electron chi connectivity index (χ3n) is 2.42. The maximum absolute atomic E-state index is 4.40. The molecule has 16 heavy (non-hydrogen) atoms. The molecule has 0 atom stereocenters. The Morgan fingerprint density at radius 1 is 1.44 bits per heavy atom. The van der Waals surface area contributed by atoms with Gasteiger partial charge in [-0.05, 0) is 29.6 Å². The van der Waals surface area contributed by atoms with Gasteiger partial charge in [-0.3, -0.25) is 0 Å². The zero-order valence-corrected chi connectivity index (χ0v) is 10.5. The van der Waals surface area contributed by atoms with Gasteiger partial charge in [-0.1, -0.05) is 18.0 Å². The first-order valence-electron chi connectivity index (χ1n) is 5.59. The molecular weight excluding hydrogens is 218 g/mol. The molecule has 0 aliphatic rings. The summed E-state index contributed by atoms with van der Waals surface area (Å²) in [6.07, 6.45) is 6.34. The summed E-state index contributed by atoms with van der Waals surface area (Å²) < 4.78 is 6.26. The average molecular weight is 234 g/mol. The van der Waals surface area contributed by atoms with Crippen molar-refractivity contribution < 1.29 is 4.68 Å². The normalized spacial score (nSPS) is 10.6. The first-order valence-corrected chi connectivity index (χ1v) is 6.36. The van der Waals surface area contributed by atoms with Crippen molar-refractivity contribution in [2.75, 3.05) is 0 Å².